The van der Waals surface area contributed by atoms with Crippen molar-refractivity contribution < 1.29 is 0 Å². The molecule has 0 bridgehead atoms. The maximum atomic E-state index is 5.96. The summed E-state index contributed by atoms with van der Waals surface area (Å²) < 4.78 is 0. The molecular formula is C13H21ClN2. The highest BCUT2D eigenvalue weighted by Crippen LogP contribution is 2.16. The van der Waals surface area contributed by atoms with E-state index in [0.29, 0.717) is 6.04 Å². The maximum Gasteiger partial charge on any atom is 0.0409 e. The minimum Gasteiger partial charge on any atom is -0.310 e. The Balaban J connectivity index is 2.32. The average molecular weight is 241 g/mol. The number of hydrogen-bond acceptors (Lipinski definition) is 2. The zero-order chi connectivity index (χ0) is 12.0. The molecule has 16 heavy (non-hydrogen) atoms. The van der Waals surface area contributed by atoms with E-state index in [-0.39, 0.29) is 0 Å². The summed E-state index contributed by atoms with van der Waals surface area (Å²) in [5.74, 6) is 0. The van der Waals surface area contributed by atoms with Crippen molar-refractivity contribution in [3.63, 3.8) is 0 Å². The van der Waals surface area contributed by atoms with E-state index in [1.807, 2.05) is 18.2 Å². The van der Waals surface area contributed by atoms with Crippen molar-refractivity contribution in [3.05, 3.63) is 34.9 Å². The molecule has 0 aliphatic heterocycles. The smallest absolute Gasteiger partial charge is 0.0409 e. The van der Waals surface area contributed by atoms with E-state index in [1.165, 1.54) is 5.56 Å². The van der Waals surface area contributed by atoms with Gasteiger partial charge in [0.05, 0.1) is 0 Å². The van der Waals surface area contributed by atoms with Gasteiger partial charge in [-0.2, -0.15) is 0 Å². The quantitative estimate of drug-likeness (QED) is 0.770. The van der Waals surface area contributed by atoms with Crippen LogP contribution in [-0.2, 0) is 0 Å². The minimum absolute atomic E-state index is 0.362. The summed E-state index contributed by atoms with van der Waals surface area (Å²) in [6, 6.07) is 8.39. The highest BCUT2D eigenvalue weighted by atomic mass is 35.5. The van der Waals surface area contributed by atoms with Gasteiger partial charge in [-0.3, -0.25) is 0 Å². The third-order valence-corrected chi connectivity index (χ3v) is 2.82. The Hall–Kier alpha value is -0.570. The van der Waals surface area contributed by atoms with E-state index in [9.17, 15) is 0 Å². The van der Waals surface area contributed by atoms with Gasteiger partial charge >= 0.3 is 0 Å². The number of nitrogens with zero attached hydrogens (tertiary/aromatic N) is 1. The van der Waals surface area contributed by atoms with Gasteiger partial charge in [0.1, 0.15) is 0 Å². The van der Waals surface area contributed by atoms with Gasteiger partial charge in [-0.05, 0) is 58.2 Å². The fraction of sp³-hybridized carbons (Fsp3) is 0.538. The fourth-order valence-corrected chi connectivity index (χ4v) is 1.81. The first kappa shape index (κ1) is 13.5. The number of hydrogen-bond donors (Lipinski definition) is 1. The van der Waals surface area contributed by atoms with Crippen LogP contribution < -0.4 is 5.32 Å². The van der Waals surface area contributed by atoms with E-state index in [1.54, 1.807) is 0 Å². The number of nitrogens with one attached hydrogen (secondary N) is 1. The van der Waals surface area contributed by atoms with Crippen LogP contribution in [0.15, 0.2) is 24.3 Å². The first-order chi connectivity index (χ1) is 7.59. The lowest BCUT2D eigenvalue weighted by atomic mass is 10.1. The molecule has 0 fully saturated rings. The molecule has 0 radical (unpaired) electrons. The Bertz CT molecular complexity index is 313. The molecule has 2 nitrogen and oxygen atoms in total. The van der Waals surface area contributed by atoms with Crippen LogP contribution in [0.3, 0.4) is 0 Å². The van der Waals surface area contributed by atoms with Crippen molar-refractivity contribution >= 4 is 11.6 Å². The second-order valence-electron chi connectivity index (χ2n) is 4.39. The van der Waals surface area contributed by atoms with Crippen LogP contribution in [-0.4, -0.2) is 32.1 Å². The third-order valence-electron chi connectivity index (χ3n) is 2.58. The summed E-state index contributed by atoms with van der Waals surface area (Å²) in [6.45, 7) is 4.32. The van der Waals surface area contributed by atoms with Crippen LogP contribution in [0.1, 0.15) is 24.9 Å². The van der Waals surface area contributed by atoms with Crippen LogP contribution in [0.25, 0.3) is 0 Å². The predicted molar refractivity (Wildman–Crippen MR) is 71.0 cm³/mol. The van der Waals surface area contributed by atoms with Crippen LogP contribution in [0, 0.1) is 0 Å². The Kier molecular flexibility index (Phi) is 5.81. The fourth-order valence-electron chi connectivity index (χ4n) is 1.61. The van der Waals surface area contributed by atoms with Crippen LogP contribution in [0.2, 0.25) is 5.02 Å². The van der Waals surface area contributed by atoms with Crippen molar-refractivity contribution in [2.24, 2.45) is 0 Å². The topological polar surface area (TPSA) is 15.3 Å². The van der Waals surface area contributed by atoms with Gasteiger partial charge in [-0.15, -0.1) is 0 Å². The molecule has 3 heteroatoms. The van der Waals surface area contributed by atoms with Crippen LogP contribution >= 0.6 is 11.6 Å². The van der Waals surface area contributed by atoms with Gasteiger partial charge in [-0.1, -0.05) is 23.7 Å². The highest BCUT2D eigenvalue weighted by Gasteiger charge is 2.04. The maximum absolute atomic E-state index is 5.96. The molecule has 0 aromatic heterocycles. The SMILES string of the molecule is CC(NCCCN(C)C)c1cccc(Cl)c1. The molecular weight excluding hydrogens is 220 g/mol. The molecule has 0 amide bonds. The van der Waals surface area contributed by atoms with Gasteiger partial charge in [0, 0.05) is 11.1 Å². The number of benzene rings is 1. The molecule has 0 heterocycles. The lowest BCUT2D eigenvalue weighted by molar-refractivity contribution is 0.389. The van der Waals surface area contributed by atoms with Crippen molar-refractivity contribution in [2.75, 3.05) is 27.2 Å². The molecule has 0 saturated carbocycles. The molecule has 1 rings (SSSR count). The van der Waals surface area contributed by atoms with E-state index in [2.05, 4.69) is 37.3 Å². The molecule has 0 aliphatic carbocycles. The average Bonchev–Trinajstić information content (AvgIpc) is 2.24. The summed E-state index contributed by atoms with van der Waals surface area (Å²) in [7, 11) is 4.20. The van der Waals surface area contributed by atoms with E-state index in [4.69, 9.17) is 11.6 Å². The zero-order valence-electron chi connectivity index (χ0n) is 10.3. The molecule has 1 aromatic carbocycles. The lowest BCUT2D eigenvalue weighted by Gasteiger charge is -2.15. The monoisotopic (exact) mass is 240 g/mol. The Morgan fingerprint density at radius 1 is 1.38 bits per heavy atom. The second-order valence-corrected chi connectivity index (χ2v) is 4.82. The second kappa shape index (κ2) is 6.89. The normalized spacial score (nSPS) is 13.1. The predicted octanol–water partition coefficient (Wildman–Crippen LogP) is 2.94. The van der Waals surface area contributed by atoms with Crippen molar-refractivity contribution in [2.45, 2.75) is 19.4 Å². The molecule has 0 saturated heterocycles. The van der Waals surface area contributed by atoms with Gasteiger partial charge in [0.15, 0.2) is 0 Å². The van der Waals surface area contributed by atoms with Crippen LogP contribution in [0.4, 0.5) is 0 Å². The molecule has 90 valence electrons. The first-order valence-electron chi connectivity index (χ1n) is 5.73. The Labute approximate surface area is 104 Å². The molecule has 0 spiro atoms. The minimum atomic E-state index is 0.362. The zero-order valence-corrected chi connectivity index (χ0v) is 11.1. The van der Waals surface area contributed by atoms with Crippen LogP contribution in [0.5, 0.6) is 0 Å². The molecule has 1 aromatic rings. The summed E-state index contributed by atoms with van der Waals surface area (Å²) in [6.07, 6.45) is 1.16. The summed E-state index contributed by atoms with van der Waals surface area (Å²) in [4.78, 5) is 2.20. The highest BCUT2D eigenvalue weighted by molar-refractivity contribution is 6.30. The third kappa shape index (κ3) is 4.97. The standard InChI is InChI=1S/C13H21ClN2/c1-11(15-8-5-9-16(2)3)12-6-4-7-13(14)10-12/h4,6-7,10-11,15H,5,8-9H2,1-3H3. The first-order valence-corrected chi connectivity index (χ1v) is 6.11. The van der Waals surface area contributed by atoms with Gasteiger partial charge < -0.3 is 10.2 Å². The van der Waals surface area contributed by atoms with Crippen molar-refractivity contribution in [3.8, 4) is 0 Å². The largest absolute Gasteiger partial charge is 0.310 e. The lowest BCUT2D eigenvalue weighted by Crippen LogP contribution is -2.23. The van der Waals surface area contributed by atoms with Crippen molar-refractivity contribution in [1.29, 1.82) is 0 Å². The summed E-state index contributed by atoms with van der Waals surface area (Å²) >= 11 is 5.96. The molecule has 0 aliphatic rings. The number of halogens is 1. The summed E-state index contributed by atoms with van der Waals surface area (Å²) in [5, 5.41) is 4.30. The molecule has 1 unspecified atom stereocenters. The van der Waals surface area contributed by atoms with Gasteiger partial charge in [-0.25, -0.2) is 0 Å². The van der Waals surface area contributed by atoms with E-state index in [0.717, 1.165) is 24.5 Å². The summed E-state index contributed by atoms with van der Waals surface area (Å²) in [5.41, 5.74) is 1.25. The Morgan fingerprint density at radius 2 is 2.12 bits per heavy atom. The van der Waals surface area contributed by atoms with Gasteiger partial charge in [0.25, 0.3) is 0 Å². The van der Waals surface area contributed by atoms with E-state index < -0.39 is 0 Å². The Morgan fingerprint density at radius 3 is 2.75 bits per heavy atom. The molecule has 1 atom stereocenters. The van der Waals surface area contributed by atoms with E-state index >= 15 is 0 Å². The molecule has 1 N–H and O–H groups in total. The number of rotatable bonds is 6. The van der Waals surface area contributed by atoms with Gasteiger partial charge in [0.2, 0.25) is 0 Å². The van der Waals surface area contributed by atoms with Crippen molar-refractivity contribution in [1.82, 2.24) is 10.2 Å².